The lowest BCUT2D eigenvalue weighted by molar-refractivity contribution is -0.151. The van der Waals surface area contributed by atoms with Crippen molar-refractivity contribution in [3.8, 4) is 0 Å². The monoisotopic (exact) mass is 539 g/mol. The maximum absolute atomic E-state index is 13.6. The van der Waals surface area contributed by atoms with Crippen molar-refractivity contribution in [3.05, 3.63) is 0 Å². The van der Waals surface area contributed by atoms with Gasteiger partial charge in [0.1, 0.15) is 12.1 Å². The van der Waals surface area contributed by atoms with Crippen molar-refractivity contribution < 1.29 is 37.1 Å². The van der Waals surface area contributed by atoms with Crippen LogP contribution in [0.5, 0.6) is 0 Å². The molecule has 1 aliphatic heterocycles. The third-order valence-corrected chi connectivity index (χ3v) is 7.08. The van der Waals surface area contributed by atoms with Crippen LogP contribution < -0.4 is 16.1 Å². The quantitative estimate of drug-likeness (QED) is 0.310. The van der Waals surface area contributed by atoms with Crippen molar-refractivity contribution in [2.75, 3.05) is 20.1 Å². The normalized spacial score (nSPS) is 23.9. The highest BCUT2D eigenvalue weighted by atomic mass is 35.5. The highest BCUT2D eigenvalue weighted by Gasteiger charge is 2.70. The van der Waals surface area contributed by atoms with Crippen LogP contribution in [0.3, 0.4) is 0 Å². The predicted molar refractivity (Wildman–Crippen MR) is 123 cm³/mol. The first-order valence-electron chi connectivity index (χ1n) is 11.4. The van der Waals surface area contributed by atoms with Gasteiger partial charge in [0.15, 0.2) is 0 Å². The molecule has 1 heterocycles. The third-order valence-electron chi connectivity index (χ3n) is 6.90. The molecule has 14 heteroatoms. The molecule has 5 amide bonds. The number of hydrogen-bond acceptors (Lipinski definition) is 5. The predicted octanol–water partition coefficient (Wildman–Crippen LogP) is 0.796. The number of carbonyl (C=O) groups excluding carboxylic acids is 5. The molecule has 36 heavy (non-hydrogen) atoms. The maximum atomic E-state index is 13.6. The number of carbonyl (C=O) groups is 5. The van der Waals surface area contributed by atoms with E-state index in [-0.39, 0.29) is 36.8 Å². The Morgan fingerprint density at radius 1 is 1.14 bits per heavy atom. The molecule has 0 aromatic rings. The molecular formula is C22H33ClF3N5O5. The summed E-state index contributed by atoms with van der Waals surface area (Å²) in [6.07, 6.45) is -3.60. The fraction of sp³-hybridized carbons (Fsp3) is 0.773. The average molecular weight is 540 g/mol. The van der Waals surface area contributed by atoms with Gasteiger partial charge in [0.2, 0.25) is 11.8 Å². The minimum Gasteiger partial charge on any atom is -0.359 e. The second-order valence-corrected chi connectivity index (χ2v) is 11.1. The SMILES string of the molecule is CNC(=O)CCN(NC(=O)[C@@H]1[C@@H]2[C@H](CN1C(=O)[C@@H](NC(=O)C(F)F)C(C)(C)C)C2(C)C)C(=O)[C@H](F)Cl. The lowest BCUT2D eigenvalue weighted by Crippen LogP contribution is -2.61. The van der Waals surface area contributed by atoms with E-state index in [9.17, 15) is 37.1 Å². The number of nitrogens with one attached hydrogen (secondary N) is 3. The second kappa shape index (κ2) is 10.8. The molecule has 0 radical (unpaired) electrons. The zero-order valence-corrected chi connectivity index (χ0v) is 21.8. The van der Waals surface area contributed by atoms with Crippen LogP contribution in [-0.2, 0) is 24.0 Å². The number of piperidine rings is 1. The Bertz CT molecular complexity index is 911. The molecular weight excluding hydrogens is 507 g/mol. The highest BCUT2D eigenvalue weighted by molar-refractivity contribution is 6.29. The zero-order chi connectivity index (χ0) is 27.7. The fourth-order valence-corrected chi connectivity index (χ4v) is 4.83. The van der Waals surface area contributed by atoms with Crippen LogP contribution in [-0.4, -0.2) is 83.7 Å². The molecule has 204 valence electrons. The third kappa shape index (κ3) is 6.22. The summed E-state index contributed by atoms with van der Waals surface area (Å²) in [5.74, 6) is -5.37. The summed E-state index contributed by atoms with van der Waals surface area (Å²) in [7, 11) is 1.36. The molecule has 3 N–H and O–H groups in total. The number of hydrogen-bond donors (Lipinski definition) is 3. The molecule has 1 saturated carbocycles. The average Bonchev–Trinajstić information content (AvgIpc) is 3.11. The van der Waals surface area contributed by atoms with Crippen molar-refractivity contribution >= 4 is 41.1 Å². The maximum Gasteiger partial charge on any atom is 0.315 e. The summed E-state index contributed by atoms with van der Waals surface area (Å²) in [4.78, 5) is 63.6. The fourth-order valence-electron chi connectivity index (χ4n) is 4.71. The molecule has 10 nitrogen and oxygen atoms in total. The van der Waals surface area contributed by atoms with E-state index in [2.05, 4.69) is 16.1 Å². The number of hydrazine groups is 1. The second-order valence-electron chi connectivity index (χ2n) is 10.7. The lowest BCUT2D eigenvalue weighted by Gasteiger charge is -2.38. The van der Waals surface area contributed by atoms with Gasteiger partial charge in [0.25, 0.3) is 23.4 Å². The molecule has 1 aliphatic carbocycles. The molecule has 0 spiro atoms. The molecule has 1 saturated heterocycles. The summed E-state index contributed by atoms with van der Waals surface area (Å²) in [5.41, 5.74) is -1.53. The Morgan fingerprint density at radius 3 is 2.19 bits per heavy atom. The molecule has 0 unspecified atom stereocenters. The number of fused-ring (bicyclic) bond motifs is 1. The summed E-state index contributed by atoms with van der Waals surface area (Å²) in [6.45, 7) is 8.28. The van der Waals surface area contributed by atoms with Crippen molar-refractivity contribution in [2.24, 2.45) is 22.7 Å². The van der Waals surface area contributed by atoms with Gasteiger partial charge in [-0.2, -0.15) is 8.78 Å². The van der Waals surface area contributed by atoms with Gasteiger partial charge in [0.05, 0.1) is 6.54 Å². The van der Waals surface area contributed by atoms with E-state index in [1.165, 1.54) is 11.9 Å². The number of alkyl halides is 4. The van der Waals surface area contributed by atoms with E-state index in [0.29, 0.717) is 5.01 Å². The minimum atomic E-state index is -3.34. The smallest absolute Gasteiger partial charge is 0.315 e. The van der Waals surface area contributed by atoms with Crippen LogP contribution in [0.2, 0.25) is 0 Å². The Kier molecular flexibility index (Phi) is 8.91. The van der Waals surface area contributed by atoms with E-state index < -0.39 is 59.1 Å². The first-order valence-corrected chi connectivity index (χ1v) is 11.9. The molecule has 2 aliphatic rings. The highest BCUT2D eigenvalue weighted by Crippen LogP contribution is 2.65. The van der Waals surface area contributed by atoms with E-state index in [1.807, 2.05) is 13.8 Å². The van der Waals surface area contributed by atoms with Gasteiger partial charge in [-0.3, -0.25) is 29.4 Å². The summed E-state index contributed by atoms with van der Waals surface area (Å²) >= 11 is 5.27. The zero-order valence-electron chi connectivity index (χ0n) is 21.0. The van der Waals surface area contributed by atoms with Crippen molar-refractivity contribution in [1.82, 2.24) is 26.0 Å². The minimum absolute atomic E-state index is 0.0967. The van der Waals surface area contributed by atoms with Crippen LogP contribution >= 0.6 is 11.6 Å². The van der Waals surface area contributed by atoms with Gasteiger partial charge in [-0.1, -0.05) is 46.2 Å². The van der Waals surface area contributed by atoms with Gasteiger partial charge < -0.3 is 15.5 Å². The summed E-state index contributed by atoms with van der Waals surface area (Å²) in [5, 5.41) is 4.99. The lowest BCUT2D eigenvalue weighted by atomic mass is 9.85. The Labute approximate surface area is 212 Å². The van der Waals surface area contributed by atoms with Gasteiger partial charge in [-0.15, -0.1) is 0 Å². The van der Waals surface area contributed by atoms with Crippen molar-refractivity contribution in [3.63, 3.8) is 0 Å². The number of rotatable bonds is 8. The summed E-state index contributed by atoms with van der Waals surface area (Å²) < 4.78 is 39.4. The van der Waals surface area contributed by atoms with E-state index in [1.54, 1.807) is 20.8 Å². The Morgan fingerprint density at radius 2 is 1.72 bits per heavy atom. The van der Waals surface area contributed by atoms with E-state index >= 15 is 0 Å². The topological polar surface area (TPSA) is 128 Å². The standard InChI is InChI=1S/C22H33ClF3N5O5/c1-21(2,3)14(28-18(34)16(25)26)19(35)30-9-10-12(22(10,4)5)13(30)17(33)29-31(20(36)15(23)24)8-7-11(32)27-6/h10,12-16H,7-9H2,1-6H3,(H,27,32)(H,28,34)(H,29,33)/t10-,12-,13-,14+,15-/m0/s1. The molecule has 0 aromatic heterocycles. The van der Waals surface area contributed by atoms with Gasteiger partial charge in [-0.25, -0.2) is 9.40 Å². The van der Waals surface area contributed by atoms with Crippen LogP contribution in [0, 0.1) is 22.7 Å². The van der Waals surface area contributed by atoms with Gasteiger partial charge in [-0.05, 0) is 22.7 Å². The first kappa shape index (κ1) is 29.7. The van der Waals surface area contributed by atoms with Crippen molar-refractivity contribution in [1.29, 1.82) is 0 Å². The van der Waals surface area contributed by atoms with E-state index in [0.717, 1.165) is 0 Å². The molecule has 0 aromatic carbocycles. The van der Waals surface area contributed by atoms with Crippen LogP contribution in [0.4, 0.5) is 13.2 Å². The molecule has 0 bridgehead atoms. The summed E-state index contributed by atoms with van der Waals surface area (Å²) in [6, 6.07) is -2.49. The number of likely N-dealkylation sites (tertiary alicyclic amines) is 1. The van der Waals surface area contributed by atoms with Crippen molar-refractivity contribution in [2.45, 2.75) is 65.2 Å². The molecule has 2 fully saturated rings. The van der Waals surface area contributed by atoms with Crippen LogP contribution in [0.25, 0.3) is 0 Å². The number of amides is 5. The largest absolute Gasteiger partial charge is 0.359 e. The molecule has 2 rings (SSSR count). The van der Waals surface area contributed by atoms with E-state index in [4.69, 9.17) is 11.6 Å². The van der Waals surface area contributed by atoms with Crippen LogP contribution in [0.1, 0.15) is 41.0 Å². The number of halogens is 4. The van der Waals surface area contributed by atoms with Crippen LogP contribution in [0.15, 0.2) is 0 Å². The van der Waals surface area contributed by atoms with Gasteiger partial charge in [0, 0.05) is 20.0 Å². The number of nitrogens with zero attached hydrogens (tertiary/aromatic N) is 2. The first-order chi connectivity index (χ1) is 16.4. The molecule has 5 atom stereocenters. The Hall–Kier alpha value is -2.57. The Balaban J connectivity index is 2.32. The van der Waals surface area contributed by atoms with Gasteiger partial charge >= 0.3 is 6.43 Å².